The van der Waals surface area contributed by atoms with Crippen LogP contribution in [0.2, 0.25) is 0 Å². The minimum absolute atomic E-state index is 0.116. The lowest BCUT2D eigenvalue weighted by atomic mass is 9.62. The Labute approximate surface area is 150 Å². The molecule has 0 fully saturated rings. The van der Waals surface area contributed by atoms with Gasteiger partial charge in [-0.2, -0.15) is 4.91 Å². The zero-order chi connectivity index (χ0) is 18.4. The SMILES string of the molecule is Cc1cc2c(cc1-c1cc(CN=O)ccc1O)C(C)(C)CCC2(C)C. The lowest BCUT2D eigenvalue weighted by molar-refractivity contribution is 0.332. The third-order valence-corrected chi connectivity index (χ3v) is 5.80. The van der Waals surface area contributed by atoms with Crippen LogP contribution in [-0.2, 0) is 17.4 Å². The number of rotatable bonds is 3. The normalized spacial score (nSPS) is 17.8. The van der Waals surface area contributed by atoms with Gasteiger partial charge in [0.2, 0.25) is 0 Å². The van der Waals surface area contributed by atoms with Crippen molar-refractivity contribution in [3.63, 3.8) is 0 Å². The van der Waals surface area contributed by atoms with E-state index < -0.39 is 0 Å². The first-order valence-electron chi connectivity index (χ1n) is 8.93. The monoisotopic (exact) mass is 337 g/mol. The highest BCUT2D eigenvalue weighted by molar-refractivity contribution is 5.75. The first-order valence-corrected chi connectivity index (χ1v) is 8.93. The summed E-state index contributed by atoms with van der Waals surface area (Å²) in [5.41, 5.74) is 6.84. The molecule has 2 aromatic rings. The van der Waals surface area contributed by atoms with Gasteiger partial charge in [0.15, 0.2) is 0 Å². The first-order chi connectivity index (χ1) is 11.7. The standard InChI is InChI=1S/C22H27NO2/c1-14-10-18-19(22(4,5)9-8-21(18,2)3)12-16(14)17-11-15(13-23-25)6-7-20(17)24/h6-7,10-12,24H,8-9,13H2,1-5H3. The molecule has 1 aliphatic carbocycles. The van der Waals surface area contributed by atoms with E-state index in [0.717, 1.165) is 28.7 Å². The summed E-state index contributed by atoms with van der Waals surface area (Å²) in [6, 6.07) is 9.83. The van der Waals surface area contributed by atoms with Crippen LogP contribution in [0.25, 0.3) is 11.1 Å². The molecular weight excluding hydrogens is 310 g/mol. The van der Waals surface area contributed by atoms with Crippen LogP contribution >= 0.6 is 0 Å². The van der Waals surface area contributed by atoms with Gasteiger partial charge in [-0.1, -0.05) is 45.0 Å². The number of benzene rings is 2. The molecule has 0 bridgehead atoms. The van der Waals surface area contributed by atoms with Gasteiger partial charge in [0, 0.05) is 5.56 Å². The molecule has 132 valence electrons. The van der Waals surface area contributed by atoms with Crippen LogP contribution in [0.5, 0.6) is 5.75 Å². The molecule has 0 spiro atoms. The van der Waals surface area contributed by atoms with E-state index >= 15 is 0 Å². The predicted molar refractivity (Wildman–Crippen MR) is 103 cm³/mol. The summed E-state index contributed by atoms with van der Waals surface area (Å²) < 4.78 is 0. The fourth-order valence-electron chi connectivity index (χ4n) is 3.98. The number of phenolic OH excluding ortho intramolecular Hbond substituents is 1. The molecule has 0 saturated heterocycles. The minimum Gasteiger partial charge on any atom is -0.507 e. The Bertz CT molecular complexity index is 834. The van der Waals surface area contributed by atoms with Crippen LogP contribution in [0.15, 0.2) is 35.5 Å². The third-order valence-electron chi connectivity index (χ3n) is 5.80. The molecule has 1 N–H and O–H groups in total. The van der Waals surface area contributed by atoms with E-state index in [1.807, 2.05) is 6.07 Å². The van der Waals surface area contributed by atoms with Crippen molar-refractivity contribution in [1.82, 2.24) is 0 Å². The summed E-state index contributed by atoms with van der Waals surface area (Å²) in [4.78, 5) is 10.6. The maximum Gasteiger partial charge on any atom is 0.123 e. The van der Waals surface area contributed by atoms with E-state index in [9.17, 15) is 10.0 Å². The van der Waals surface area contributed by atoms with E-state index in [4.69, 9.17) is 0 Å². The Morgan fingerprint density at radius 3 is 2.16 bits per heavy atom. The van der Waals surface area contributed by atoms with E-state index in [1.165, 1.54) is 17.5 Å². The van der Waals surface area contributed by atoms with Crippen molar-refractivity contribution in [1.29, 1.82) is 0 Å². The lowest BCUT2D eigenvalue weighted by Crippen LogP contribution is -2.34. The van der Waals surface area contributed by atoms with E-state index in [-0.39, 0.29) is 23.1 Å². The van der Waals surface area contributed by atoms with Crippen molar-refractivity contribution in [2.45, 2.75) is 64.8 Å². The number of nitrogens with zero attached hydrogens (tertiary/aromatic N) is 1. The number of hydrogen-bond donors (Lipinski definition) is 1. The lowest BCUT2D eigenvalue weighted by Gasteiger charge is -2.42. The molecular formula is C22H27NO2. The molecule has 0 aromatic heterocycles. The minimum atomic E-state index is 0.116. The molecule has 0 atom stereocenters. The fourth-order valence-corrected chi connectivity index (χ4v) is 3.98. The number of fused-ring (bicyclic) bond motifs is 1. The number of aryl methyl sites for hydroxylation is 1. The maximum atomic E-state index is 10.6. The van der Waals surface area contributed by atoms with Crippen LogP contribution < -0.4 is 0 Å². The highest BCUT2D eigenvalue weighted by Gasteiger charge is 2.37. The van der Waals surface area contributed by atoms with Gasteiger partial charge in [-0.25, -0.2) is 0 Å². The number of aromatic hydroxyl groups is 1. The Morgan fingerprint density at radius 2 is 1.56 bits per heavy atom. The molecule has 3 rings (SSSR count). The molecule has 0 saturated carbocycles. The second-order valence-corrected chi connectivity index (χ2v) is 8.62. The van der Waals surface area contributed by atoms with Crippen molar-refractivity contribution in [3.05, 3.63) is 57.5 Å². The van der Waals surface area contributed by atoms with Gasteiger partial charge in [-0.05, 0) is 76.6 Å². The Kier molecular flexibility index (Phi) is 4.22. The van der Waals surface area contributed by atoms with E-state index in [1.54, 1.807) is 12.1 Å². The van der Waals surface area contributed by atoms with Crippen molar-refractivity contribution >= 4 is 0 Å². The molecule has 3 heteroatoms. The molecule has 0 amide bonds. The molecule has 2 aromatic carbocycles. The van der Waals surface area contributed by atoms with Gasteiger partial charge in [-0.15, -0.1) is 0 Å². The van der Waals surface area contributed by atoms with Crippen LogP contribution in [0.1, 0.15) is 62.8 Å². The topological polar surface area (TPSA) is 49.7 Å². The van der Waals surface area contributed by atoms with Crippen molar-refractivity contribution < 1.29 is 5.11 Å². The van der Waals surface area contributed by atoms with E-state index in [2.05, 4.69) is 51.9 Å². The number of nitroso groups, excluding NO2 is 1. The second-order valence-electron chi connectivity index (χ2n) is 8.62. The second kappa shape index (κ2) is 5.98. The van der Waals surface area contributed by atoms with Crippen LogP contribution in [0, 0.1) is 11.8 Å². The fraction of sp³-hybridized carbons (Fsp3) is 0.455. The molecule has 0 unspecified atom stereocenters. The summed E-state index contributed by atoms with van der Waals surface area (Å²) in [6.07, 6.45) is 2.33. The Morgan fingerprint density at radius 1 is 0.960 bits per heavy atom. The molecule has 3 nitrogen and oxygen atoms in total. The molecule has 0 radical (unpaired) electrons. The zero-order valence-corrected chi connectivity index (χ0v) is 15.8. The van der Waals surface area contributed by atoms with Crippen molar-refractivity contribution in [2.24, 2.45) is 5.18 Å². The highest BCUT2D eigenvalue weighted by Crippen LogP contribution is 2.48. The van der Waals surface area contributed by atoms with Crippen LogP contribution in [0.3, 0.4) is 0 Å². The zero-order valence-electron chi connectivity index (χ0n) is 15.8. The number of phenols is 1. The average Bonchev–Trinajstić information content (AvgIpc) is 2.54. The maximum absolute atomic E-state index is 10.6. The Hall–Kier alpha value is -2.16. The summed E-state index contributed by atoms with van der Waals surface area (Å²) in [5, 5.41) is 13.4. The summed E-state index contributed by atoms with van der Waals surface area (Å²) in [7, 11) is 0. The summed E-state index contributed by atoms with van der Waals surface area (Å²) in [5.74, 6) is 0.241. The highest BCUT2D eigenvalue weighted by atomic mass is 16.3. The number of hydrogen-bond acceptors (Lipinski definition) is 3. The summed E-state index contributed by atoms with van der Waals surface area (Å²) >= 11 is 0. The van der Waals surface area contributed by atoms with Gasteiger partial charge >= 0.3 is 0 Å². The van der Waals surface area contributed by atoms with Crippen molar-refractivity contribution in [3.8, 4) is 16.9 Å². The average molecular weight is 337 g/mol. The van der Waals surface area contributed by atoms with Gasteiger partial charge in [0.1, 0.15) is 12.3 Å². The van der Waals surface area contributed by atoms with Gasteiger partial charge in [0.25, 0.3) is 0 Å². The third kappa shape index (κ3) is 3.08. The van der Waals surface area contributed by atoms with Gasteiger partial charge in [0.05, 0.1) is 0 Å². The summed E-state index contributed by atoms with van der Waals surface area (Å²) in [6.45, 7) is 11.4. The predicted octanol–water partition coefficient (Wildman–Crippen LogP) is 5.98. The first kappa shape index (κ1) is 17.7. The van der Waals surface area contributed by atoms with Crippen LogP contribution in [-0.4, -0.2) is 5.11 Å². The molecule has 0 aliphatic heterocycles. The smallest absolute Gasteiger partial charge is 0.123 e. The quantitative estimate of drug-likeness (QED) is 0.700. The molecule has 0 heterocycles. The van der Waals surface area contributed by atoms with Crippen LogP contribution in [0.4, 0.5) is 0 Å². The van der Waals surface area contributed by atoms with Crippen molar-refractivity contribution in [2.75, 3.05) is 0 Å². The van der Waals surface area contributed by atoms with E-state index in [0.29, 0.717) is 0 Å². The largest absolute Gasteiger partial charge is 0.507 e. The molecule has 1 aliphatic rings. The van der Waals surface area contributed by atoms with Gasteiger partial charge < -0.3 is 5.11 Å². The van der Waals surface area contributed by atoms with Gasteiger partial charge in [-0.3, -0.25) is 0 Å². The Balaban J connectivity index is 2.23. The molecule has 25 heavy (non-hydrogen) atoms.